The number of Topliss-reactive ketones (excluding diaryl/α,β-unsaturated/α-hetero) is 1. The predicted molar refractivity (Wildman–Crippen MR) is 132 cm³/mol. The molecular weight excluding hydrogens is 440 g/mol. The van der Waals surface area contributed by atoms with Gasteiger partial charge in [0.2, 0.25) is 5.91 Å². The summed E-state index contributed by atoms with van der Waals surface area (Å²) in [5, 5.41) is 10.3. The number of hydrogen-bond donors (Lipinski definition) is 0. The number of aryl methyl sites for hydroxylation is 1. The van der Waals surface area contributed by atoms with Crippen LogP contribution in [0.25, 0.3) is 10.9 Å². The Labute approximate surface area is 205 Å². The van der Waals surface area contributed by atoms with Gasteiger partial charge in [0.15, 0.2) is 5.78 Å². The first kappa shape index (κ1) is 23.3. The summed E-state index contributed by atoms with van der Waals surface area (Å²) in [5.74, 6) is 0.542. The second kappa shape index (κ2) is 10.0. The number of likely N-dealkylation sites (tertiary alicyclic amines) is 1. The van der Waals surface area contributed by atoms with Gasteiger partial charge in [-0.1, -0.05) is 6.07 Å². The Balaban J connectivity index is 1.31. The molecule has 1 unspecified atom stereocenters. The van der Waals surface area contributed by atoms with Crippen LogP contribution in [0.5, 0.6) is 0 Å². The minimum absolute atomic E-state index is 0.0151. The van der Waals surface area contributed by atoms with E-state index < -0.39 is 0 Å². The predicted octanol–water partition coefficient (Wildman–Crippen LogP) is 4.00. The van der Waals surface area contributed by atoms with Crippen LogP contribution in [0.15, 0.2) is 42.7 Å². The minimum Gasteiger partial charge on any atom is -0.381 e. The third-order valence-electron chi connectivity index (χ3n) is 7.38. The monoisotopic (exact) mass is 470 g/mol. The third-order valence-corrected chi connectivity index (χ3v) is 7.38. The number of nitriles is 1. The lowest BCUT2D eigenvalue weighted by Gasteiger charge is -2.35. The zero-order chi connectivity index (χ0) is 24.4. The fraction of sp³-hybridized carbons (Fsp3) is 0.429. The van der Waals surface area contributed by atoms with Gasteiger partial charge in [-0.3, -0.25) is 14.6 Å². The lowest BCUT2D eigenvalue weighted by Crippen LogP contribution is -2.43. The first-order valence-electron chi connectivity index (χ1n) is 12.4. The number of ketones is 1. The van der Waals surface area contributed by atoms with Crippen LogP contribution in [0, 0.1) is 17.2 Å². The number of nitrogens with zero attached hydrogens (tertiary/aromatic N) is 4. The number of hydrogen-bond acceptors (Lipinski definition) is 5. The molecule has 7 nitrogen and oxygen atoms in total. The Morgan fingerprint density at radius 2 is 2.00 bits per heavy atom. The topological polar surface area (TPSA) is 88.2 Å². The quantitative estimate of drug-likeness (QED) is 0.526. The second-order valence-corrected chi connectivity index (χ2v) is 9.70. The van der Waals surface area contributed by atoms with Crippen molar-refractivity contribution in [3.8, 4) is 6.07 Å². The van der Waals surface area contributed by atoms with Crippen molar-refractivity contribution in [3.05, 3.63) is 65.1 Å². The van der Waals surface area contributed by atoms with Crippen LogP contribution < -0.4 is 0 Å². The van der Waals surface area contributed by atoms with Gasteiger partial charge >= 0.3 is 0 Å². The van der Waals surface area contributed by atoms with Crippen LogP contribution in [0.2, 0.25) is 0 Å². The Morgan fingerprint density at radius 3 is 2.74 bits per heavy atom. The van der Waals surface area contributed by atoms with E-state index in [1.54, 1.807) is 12.1 Å². The van der Waals surface area contributed by atoms with E-state index >= 15 is 0 Å². The van der Waals surface area contributed by atoms with Crippen molar-refractivity contribution in [2.75, 3.05) is 26.3 Å². The maximum absolute atomic E-state index is 12.9. The van der Waals surface area contributed by atoms with Gasteiger partial charge in [-0.2, -0.15) is 5.26 Å². The molecule has 4 heterocycles. The Bertz CT molecular complexity index is 1290. The average Bonchev–Trinajstić information content (AvgIpc) is 3.24. The lowest BCUT2D eigenvalue weighted by atomic mass is 9.88. The van der Waals surface area contributed by atoms with Crippen molar-refractivity contribution >= 4 is 22.6 Å². The van der Waals surface area contributed by atoms with Crippen LogP contribution >= 0.6 is 0 Å². The summed E-state index contributed by atoms with van der Waals surface area (Å²) < 4.78 is 7.67. The highest BCUT2D eigenvalue weighted by Crippen LogP contribution is 2.35. The first-order valence-corrected chi connectivity index (χ1v) is 12.4. The van der Waals surface area contributed by atoms with Gasteiger partial charge in [0.1, 0.15) is 5.69 Å². The normalized spacial score (nSPS) is 19.0. The molecule has 35 heavy (non-hydrogen) atoms. The second-order valence-electron chi connectivity index (χ2n) is 9.70. The first-order chi connectivity index (χ1) is 17.0. The summed E-state index contributed by atoms with van der Waals surface area (Å²) in [6, 6.07) is 11.4. The fourth-order valence-electron chi connectivity index (χ4n) is 5.44. The van der Waals surface area contributed by atoms with Gasteiger partial charge in [-0.25, -0.2) is 0 Å². The van der Waals surface area contributed by atoms with Crippen molar-refractivity contribution < 1.29 is 14.3 Å². The highest BCUT2D eigenvalue weighted by atomic mass is 16.5. The number of aromatic nitrogens is 2. The largest absolute Gasteiger partial charge is 0.381 e. The van der Waals surface area contributed by atoms with E-state index in [0.29, 0.717) is 23.8 Å². The number of carbonyl (C=O) groups is 2. The standard InChI is InChI=1S/C28H30N4O3/c1-31-17-24(21-7-10-32(11-8-21)28(34)22-3-2-12-35-18-22)23-13-19(4-5-26(23)31)15-27(33)25-14-20(16-29)6-9-30-25/h4-6,9,13-14,17,21-22H,2-3,7-8,10-12,15,18H2,1H3. The molecule has 1 atom stereocenters. The van der Waals surface area contributed by atoms with E-state index in [0.717, 1.165) is 56.5 Å². The number of amides is 1. The van der Waals surface area contributed by atoms with Crippen molar-refractivity contribution in [1.29, 1.82) is 5.26 Å². The molecule has 0 N–H and O–H groups in total. The van der Waals surface area contributed by atoms with Gasteiger partial charge < -0.3 is 14.2 Å². The molecule has 2 aliphatic rings. The molecule has 0 radical (unpaired) electrons. The SMILES string of the molecule is Cn1cc(C2CCN(C(=O)C3CCCOC3)CC2)c2cc(CC(=O)c3cc(C#N)ccn3)ccc21. The number of ether oxygens (including phenoxy) is 1. The maximum atomic E-state index is 12.9. The fourth-order valence-corrected chi connectivity index (χ4v) is 5.44. The van der Waals surface area contributed by atoms with E-state index in [1.165, 1.54) is 17.1 Å². The van der Waals surface area contributed by atoms with E-state index in [1.807, 2.05) is 11.0 Å². The van der Waals surface area contributed by atoms with Crippen LogP contribution in [-0.2, 0) is 23.0 Å². The van der Waals surface area contributed by atoms with Gasteiger partial charge in [-0.15, -0.1) is 0 Å². The van der Waals surface area contributed by atoms with Crippen LogP contribution in [-0.4, -0.2) is 52.4 Å². The van der Waals surface area contributed by atoms with Crippen LogP contribution in [0.1, 0.15) is 58.8 Å². The molecular formula is C28H30N4O3. The Morgan fingerprint density at radius 1 is 1.17 bits per heavy atom. The molecule has 0 bridgehead atoms. The molecule has 3 aromatic rings. The molecule has 1 aromatic carbocycles. The average molecular weight is 471 g/mol. The van der Waals surface area contributed by atoms with Gasteiger partial charge in [0, 0.05) is 56.5 Å². The summed E-state index contributed by atoms with van der Waals surface area (Å²) in [4.78, 5) is 31.9. The van der Waals surface area contributed by atoms with E-state index in [9.17, 15) is 9.59 Å². The van der Waals surface area contributed by atoms with E-state index in [2.05, 4.69) is 41.0 Å². The van der Waals surface area contributed by atoms with Gasteiger partial charge in [0.05, 0.1) is 24.2 Å². The molecule has 180 valence electrons. The minimum atomic E-state index is -0.0996. The highest BCUT2D eigenvalue weighted by molar-refractivity contribution is 5.97. The van der Waals surface area contributed by atoms with Crippen molar-refractivity contribution in [1.82, 2.24) is 14.5 Å². The number of pyridine rings is 1. The molecule has 2 aromatic heterocycles. The summed E-state index contributed by atoms with van der Waals surface area (Å²) in [6.07, 6.45) is 7.71. The van der Waals surface area contributed by atoms with E-state index in [-0.39, 0.29) is 24.0 Å². The smallest absolute Gasteiger partial charge is 0.228 e. The van der Waals surface area contributed by atoms with Crippen LogP contribution in [0.3, 0.4) is 0 Å². The molecule has 0 aliphatic carbocycles. The molecule has 1 amide bonds. The molecule has 0 saturated carbocycles. The van der Waals surface area contributed by atoms with Gasteiger partial charge in [-0.05, 0) is 67.0 Å². The summed E-state index contributed by atoms with van der Waals surface area (Å²) >= 11 is 0. The van der Waals surface area contributed by atoms with Crippen molar-refractivity contribution in [2.45, 2.75) is 38.0 Å². The Hall–Kier alpha value is -3.50. The summed E-state index contributed by atoms with van der Waals surface area (Å²) in [5.41, 5.74) is 4.11. The molecule has 0 spiro atoms. The Kier molecular flexibility index (Phi) is 6.65. The zero-order valence-electron chi connectivity index (χ0n) is 20.1. The highest BCUT2D eigenvalue weighted by Gasteiger charge is 2.31. The van der Waals surface area contributed by atoms with E-state index in [4.69, 9.17) is 10.00 Å². The number of carbonyl (C=O) groups excluding carboxylic acids is 2. The van der Waals surface area contributed by atoms with Gasteiger partial charge in [0.25, 0.3) is 0 Å². The number of fused-ring (bicyclic) bond motifs is 1. The maximum Gasteiger partial charge on any atom is 0.228 e. The lowest BCUT2D eigenvalue weighted by molar-refractivity contribution is -0.140. The van der Waals surface area contributed by atoms with Crippen molar-refractivity contribution in [3.63, 3.8) is 0 Å². The molecule has 7 heteroatoms. The number of benzene rings is 1. The molecule has 5 rings (SSSR count). The third kappa shape index (κ3) is 4.85. The number of rotatable bonds is 5. The summed E-state index contributed by atoms with van der Waals surface area (Å²) in [7, 11) is 2.05. The molecule has 2 aliphatic heterocycles. The molecule has 2 saturated heterocycles. The van der Waals surface area contributed by atoms with Crippen molar-refractivity contribution in [2.24, 2.45) is 13.0 Å². The summed E-state index contributed by atoms with van der Waals surface area (Å²) in [6.45, 7) is 2.87. The zero-order valence-corrected chi connectivity index (χ0v) is 20.1. The van der Waals surface area contributed by atoms with Crippen LogP contribution in [0.4, 0.5) is 0 Å². The number of piperidine rings is 1. The molecule has 2 fully saturated rings.